The first-order valence-corrected chi connectivity index (χ1v) is 8.48. The molecule has 0 unspecified atom stereocenters. The molecule has 0 saturated heterocycles. The fourth-order valence-corrected chi connectivity index (χ4v) is 3.62. The highest BCUT2D eigenvalue weighted by Gasteiger charge is 2.26. The molecule has 0 atom stereocenters. The molecule has 20 heavy (non-hydrogen) atoms. The zero-order valence-electron chi connectivity index (χ0n) is 11.7. The molecule has 0 amide bonds. The van der Waals surface area contributed by atoms with Crippen molar-refractivity contribution in [2.45, 2.75) is 31.8 Å². The van der Waals surface area contributed by atoms with Gasteiger partial charge in [-0.3, -0.25) is 0 Å². The van der Waals surface area contributed by atoms with E-state index in [2.05, 4.69) is 15.9 Å². The predicted octanol–water partition coefficient (Wildman–Crippen LogP) is 2.75. The molecule has 0 spiro atoms. The Labute approximate surface area is 127 Å². The van der Waals surface area contributed by atoms with Crippen LogP contribution in [-0.4, -0.2) is 31.4 Å². The summed E-state index contributed by atoms with van der Waals surface area (Å²) < 4.78 is 40.4. The van der Waals surface area contributed by atoms with Crippen molar-refractivity contribution in [2.24, 2.45) is 5.92 Å². The Balaban J connectivity index is 3.18. The highest BCUT2D eigenvalue weighted by Crippen LogP contribution is 2.26. The fraction of sp³-hybridized carbons (Fsp3) is 0.538. The van der Waals surface area contributed by atoms with Gasteiger partial charge < -0.3 is 5.11 Å². The van der Waals surface area contributed by atoms with Gasteiger partial charge in [0.1, 0.15) is 10.7 Å². The Morgan fingerprint density at radius 1 is 1.40 bits per heavy atom. The second-order valence-electron chi connectivity index (χ2n) is 5.04. The van der Waals surface area contributed by atoms with Gasteiger partial charge >= 0.3 is 0 Å². The zero-order valence-corrected chi connectivity index (χ0v) is 14.1. The van der Waals surface area contributed by atoms with Crippen molar-refractivity contribution in [3.05, 3.63) is 28.0 Å². The average molecular weight is 368 g/mol. The standard InChI is InChI=1S/C13H19BrFNO3S/c1-9(2)4-5-16(3)20(18,19)12-7-11(14)6-10(8-17)13(12)15/h6-7,9,17H,4-5,8H2,1-3H3. The molecule has 0 fully saturated rings. The first kappa shape index (κ1) is 17.6. The van der Waals surface area contributed by atoms with Gasteiger partial charge in [-0.05, 0) is 24.5 Å². The van der Waals surface area contributed by atoms with Crippen molar-refractivity contribution < 1.29 is 17.9 Å². The van der Waals surface area contributed by atoms with Crippen molar-refractivity contribution >= 4 is 26.0 Å². The molecule has 7 heteroatoms. The van der Waals surface area contributed by atoms with E-state index in [1.807, 2.05) is 13.8 Å². The van der Waals surface area contributed by atoms with Crippen LogP contribution in [0.15, 0.2) is 21.5 Å². The first-order valence-electron chi connectivity index (χ1n) is 6.25. The van der Waals surface area contributed by atoms with Gasteiger partial charge in [-0.15, -0.1) is 0 Å². The number of hydrogen-bond donors (Lipinski definition) is 1. The minimum absolute atomic E-state index is 0.0461. The molecule has 1 N–H and O–H groups in total. The Morgan fingerprint density at radius 2 is 2.00 bits per heavy atom. The first-order chi connectivity index (χ1) is 9.20. The molecule has 0 aliphatic carbocycles. The topological polar surface area (TPSA) is 57.6 Å². The summed E-state index contributed by atoms with van der Waals surface area (Å²) in [4.78, 5) is -0.415. The van der Waals surface area contributed by atoms with Gasteiger partial charge in [-0.25, -0.2) is 17.1 Å². The van der Waals surface area contributed by atoms with E-state index < -0.39 is 27.3 Å². The van der Waals surface area contributed by atoms with Crippen LogP contribution in [-0.2, 0) is 16.6 Å². The van der Waals surface area contributed by atoms with Crippen LogP contribution in [0.25, 0.3) is 0 Å². The third-order valence-corrected chi connectivity index (χ3v) is 5.27. The highest BCUT2D eigenvalue weighted by molar-refractivity contribution is 9.10. The number of halogens is 2. The van der Waals surface area contributed by atoms with E-state index in [1.54, 1.807) is 0 Å². The molecule has 0 bridgehead atoms. The van der Waals surface area contributed by atoms with Crippen LogP contribution < -0.4 is 0 Å². The number of aliphatic hydroxyl groups is 1. The summed E-state index contributed by atoms with van der Waals surface area (Å²) >= 11 is 3.13. The second-order valence-corrected chi connectivity index (χ2v) is 7.97. The maximum atomic E-state index is 14.1. The van der Waals surface area contributed by atoms with Crippen molar-refractivity contribution in [2.75, 3.05) is 13.6 Å². The van der Waals surface area contributed by atoms with Gasteiger partial charge in [0.2, 0.25) is 10.0 Å². The Hall–Kier alpha value is -0.500. The van der Waals surface area contributed by atoms with Gasteiger partial charge in [0, 0.05) is 23.6 Å². The van der Waals surface area contributed by atoms with Crippen LogP contribution in [0, 0.1) is 11.7 Å². The lowest BCUT2D eigenvalue weighted by Crippen LogP contribution is -2.29. The van der Waals surface area contributed by atoms with Gasteiger partial charge in [0.15, 0.2) is 0 Å². The van der Waals surface area contributed by atoms with Gasteiger partial charge in [-0.2, -0.15) is 0 Å². The summed E-state index contributed by atoms with van der Waals surface area (Å²) in [6.07, 6.45) is 0.693. The molecular formula is C13H19BrFNO3S. The maximum Gasteiger partial charge on any atom is 0.245 e. The summed E-state index contributed by atoms with van der Waals surface area (Å²) in [6.45, 7) is 3.75. The smallest absolute Gasteiger partial charge is 0.245 e. The van der Waals surface area contributed by atoms with Crippen LogP contribution in [0.2, 0.25) is 0 Å². The quantitative estimate of drug-likeness (QED) is 0.840. The zero-order chi connectivity index (χ0) is 15.5. The van der Waals surface area contributed by atoms with E-state index in [9.17, 15) is 12.8 Å². The van der Waals surface area contributed by atoms with Crippen LogP contribution in [0.5, 0.6) is 0 Å². The summed E-state index contributed by atoms with van der Waals surface area (Å²) in [7, 11) is -2.48. The molecule has 0 aliphatic heterocycles. The normalized spacial score (nSPS) is 12.4. The van der Waals surface area contributed by atoms with E-state index in [4.69, 9.17) is 5.11 Å². The van der Waals surface area contributed by atoms with Crippen molar-refractivity contribution in [3.8, 4) is 0 Å². The third-order valence-electron chi connectivity index (χ3n) is 2.96. The molecule has 0 heterocycles. The molecule has 114 valence electrons. The average Bonchev–Trinajstić information content (AvgIpc) is 2.37. The lowest BCUT2D eigenvalue weighted by Gasteiger charge is -2.19. The molecule has 4 nitrogen and oxygen atoms in total. The summed E-state index contributed by atoms with van der Waals surface area (Å²) in [6, 6.07) is 2.58. The lowest BCUT2D eigenvalue weighted by molar-refractivity contribution is 0.274. The van der Waals surface area contributed by atoms with Gasteiger partial charge in [0.05, 0.1) is 6.61 Å². The van der Waals surface area contributed by atoms with Crippen molar-refractivity contribution in [3.63, 3.8) is 0 Å². The summed E-state index contributed by atoms with van der Waals surface area (Å²) in [5, 5.41) is 9.08. The van der Waals surface area contributed by atoms with Crippen molar-refractivity contribution in [1.82, 2.24) is 4.31 Å². The van der Waals surface area contributed by atoms with Crippen LogP contribution in [0.4, 0.5) is 4.39 Å². The van der Waals surface area contributed by atoms with E-state index in [1.165, 1.54) is 19.2 Å². The number of sulfonamides is 1. The number of rotatable bonds is 6. The number of benzene rings is 1. The highest BCUT2D eigenvalue weighted by atomic mass is 79.9. The summed E-state index contributed by atoms with van der Waals surface area (Å²) in [5.74, 6) is -0.542. The molecule has 0 radical (unpaired) electrons. The van der Waals surface area contributed by atoms with E-state index in [0.29, 0.717) is 23.4 Å². The number of hydrogen-bond acceptors (Lipinski definition) is 3. The van der Waals surface area contributed by atoms with E-state index in [-0.39, 0.29) is 5.56 Å². The largest absolute Gasteiger partial charge is 0.392 e. The molecule has 0 saturated carbocycles. The Morgan fingerprint density at radius 3 is 2.50 bits per heavy atom. The van der Waals surface area contributed by atoms with Crippen LogP contribution in [0.3, 0.4) is 0 Å². The summed E-state index contributed by atoms with van der Waals surface area (Å²) in [5.41, 5.74) is -0.0461. The van der Waals surface area contributed by atoms with E-state index >= 15 is 0 Å². The Bertz CT molecular complexity index is 575. The van der Waals surface area contributed by atoms with Crippen LogP contribution in [0.1, 0.15) is 25.8 Å². The molecule has 1 aromatic rings. The molecular weight excluding hydrogens is 349 g/mol. The Kier molecular flexibility index (Phi) is 6.12. The molecule has 1 aromatic carbocycles. The molecule has 0 aliphatic rings. The fourth-order valence-electron chi connectivity index (χ4n) is 1.65. The van der Waals surface area contributed by atoms with Crippen molar-refractivity contribution in [1.29, 1.82) is 0 Å². The van der Waals surface area contributed by atoms with Crippen LogP contribution >= 0.6 is 15.9 Å². The minimum atomic E-state index is -3.90. The number of nitrogens with zero attached hydrogens (tertiary/aromatic N) is 1. The SMILES string of the molecule is CC(C)CCN(C)S(=O)(=O)c1cc(Br)cc(CO)c1F. The lowest BCUT2D eigenvalue weighted by atomic mass is 10.1. The molecule has 0 aromatic heterocycles. The second kappa shape index (κ2) is 6.98. The third kappa shape index (κ3) is 4.00. The van der Waals surface area contributed by atoms with Gasteiger partial charge in [0.25, 0.3) is 0 Å². The maximum absolute atomic E-state index is 14.1. The minimum Gasteiger partial charge on any atom is -0.392 e. The van der Waals surface area contributed by atoms with Gasteiger partial charge in [-0.1, -0.05) is 29.8 Å². The number of aliphatic hydroxyl groups excluding tert-OH is 1. The predicted molar refractivity (Wildman–Crippen MR) is 79.3 cm³/mol. The van der Waals surface area contributed by atoms with E-state index in [0.717, 1.165) is 4.31 Å². The monoisotopic (exact) mass is 367 g/mol. The molecule has 1 rings (SSSR count).